The maximum absolute atomic E-state index is 13.2. The minimum absolute atomic E-state index is 0.0391. The molecule has 166 valence electrons. The van der Waals surface area contributed by atoms with Gasteiger partial charge in [0, 0.05) is 19.1 Å². The number of hydrogen-bond acceptors (Lipinski definition) is 5. The van der Waals surface area contributed by atoms with Gasteiger partial charge in [0.25, 0.3) is 5.91 Å². The van der Waals surface area contributed by atoms with Gasteiger partial charge < -0.3 is 20.5 Å². The molecular weight excluding hydrogens is 472 g/mol. The summed E-state index contributed by atoms with van der Waals surface area (Å²) < 4.78 is 2.54. The Morgan fingerprint density at radius 3 is 2.78 bits per heavy atom. The van der Waals surface area contributed by atoms with Gasteiger partial charge in [0.05, 0.1) is 17.0 Å². The van der Waals surface area contributed by atoms with Gasteiger partial charge in [-0.15, -0.1) is 0 Å². The Morgan fingerprint density at radius 2 is 2.06 bits per heavy atom. The lowest BCUT2D eigenvalue weighted by molar-refractivity contribution is -0.126. The van der Waals surface area contributed by atoms with Crippen LogP contribution < -0.4 is 11.1 Å². The maximum Gasteiger partial charge on any atom is 0.254 e. The van der Waals surface area contributed by atoms with Crippen molar-refractivity contribution >= 4 is 44.6 Å². The van der Waals surface area contributed by atoms with Crippen molar-refractivity contribution in [1.82, 2.24) is 24.8 Å². The molecule has 8 nitrogen and oxygen atoms in total. The van der Waals surface area contributed by atoms with Crippen LogP contribution >= 0.6 is 15.9 Å². The van der Waals surface area contributed by atoms with E-state index in [9.17, 15) is 9.59 Å². The number of anilines is 1. The monoisotopic (exact) mass is 496 g/mol. The van der Waals surface area contributed by atoms with Gasteiger partial charge in [-0.3, -0.25) is 9.59 Å². The van der Waals surface area contributed by atoms with Crippen molar-refractivity contribution in [2.24, 2.45) is 0 Å². The molecule has 2 unspecified atom stereocenters. The van der Waals surface area contributed by atoms with Crippen molar-refractivity contribution in [3.63, 3.8) is 0 Å². The fraction of sp³-hybridized carbons (Fsp3) is 0.304. The van der Waals surface area contributed by atoms with Gasteiger partial charge in [-0.2, -0.15) is 0 Å². The van der Waals surface area contributed by atoms with E-state index in [2.05, 4.69) is 37.8 Å². The van der Waals surface area contributed by atoms with Crippen molar-refractivity contribution in [3.05, 3.63) is 65.0 Å². The van der Waals surface area contributed by atoms with E-state index in [0.717, 1.165) is 12.0 Å². The lowest BCUT2D eigenvalue weighted by Crippen LogP contribution is -2.32. The summed E-state index contributed by atoms with van der Waals surface area (Å²) in [6.07, 6.45) is 4.16. The molecule has 1 fully saturated rings. The number of rotatable bonds is 6. The van der Waals surface area contributed by atoms with Crippen LogP contribution in [-0.2, 0) is 11.2 Å². The van der Waals surface area contributed by atoms with Gasteiger partial charge in [0.1, 0.15) is 22.4 Å². The van der Waals surface area contributed by atoms with E-state index in [1.165, 1.54) is 12.4 Å². The Morgan fingerprint density at radius 1 is 1.31 bits per heavy atom. The number of fused-ring (bicyclic) bond motifs is 1. The molecule has 3 aromatic rings. The van der Waals surface area contributed by atoms with Gasteiger partial charge >= 0.3 is 0 Å². The van der Waals surface area contributed by atoms with Crippen molar-refractivity contribution in [3.8, 4) is 0 Å². The van der Waals surface area contributed by atoms with Crippen LogP contribution in [0.3, 0.4) is 0 Å². The van der Waals surface area contributed by atoms with Crippen molar-refractivity contribution in [2.75, 3.05) is 18.8 Å². The van der Waals surface area contributed by atoms with E-state index in [1.54, 1.807) is 4.90 Å². The molecule has 32 heavy (non-hydrogen) atoms. The molecule has 4 rings (SSSR count). The second kappa shape index (κ2) is 9.12. The van der Waals surface area contributed by atoms with E-state index in [1.807, 2.05) is 41.8 Å². The molecule has 0 radical (unpaired) electrons. The predicted molar refractivity (Wildman–Crippen MR) is 127 cm³/mol. The Kier molecular flexibility index (Phi) is 6.27. The number of nitrogens with two attached hydrogens (primary N) is 1. The summed E-state index contributed by atoms with van der Waals surface area (Å²) in [4.78, 5) is 35.7. The highest BCUT2D eigenvalue weighted by Gasteiger charge is 2.36. The van der Waals surface area contributed by atoms with E-state index in [0.29, 0.717) is 40.7 Å². The zero-order valence-electron chi connectivity index (χ0n) is 17.8. The third-order valence-electron chi connectivity index (χ3n) is 5.90. The number of halogens is 1. The summed E-state index contributed by atoms with van der Waals surface area (Å²) in [5, 5.41) is 3.50. The number of nitrogens with zero attached hydrogens (tertiary/aromatic N) is 4. The fourth-order valence-corrected chi connectivity index (χ4v) is 5.17. The van der Waals surface area contributed by atoms with Gasteiger partial charge in [-0.05, 0) is 47.3 Å². The molecule has 1 saturated heterocycles. The third kappa shape index (κ3) is 4.00. The molecule has 0 bridgehead atoms. The lowest BCUT2D eigenvalue weighted by atomic mass is 10.1. The molecule has 2 aromatic heterocycles. The van der Waals surface area contributed by atoms with Crippen LogP contribution in [0, 0.1) is 0 Å². The van der Waals surface area contributed by atoms with Crippen LogP contribution in [0.15, 0.2) is 53.9 Å². The van der Waals surface area contributed by atoms with Gasteiger partial charge in [0.15, 0.2) is 0 Å². The molecule has 0 spiro atoms. The number of benzene rings is 1. The highest BCUT2D eigenvalue weighted by atomic mass is 79.9. The first-order valence-corrected chi connectivity index (χ1v) is 11.3. The summed E-state index contributed by atoms with van der Waals surface area (Å²) in [5.74, 6) is -0.114. The minimum atomic E-state index is -0.247. The number of hydrogen-bond donors (Lipinski definition) is 2. The van der Waals surface area contributed by atoms with Gasteiger partial charge in [0.2, 0.25) is 5.91 Å². The van der Waals surface area contributed by atoms with E-state index in [4.69, 9.17) is 5.73 Å². The number of nitrogens with one attached hydrogen (secondary N) is 1. The quantitative estimate of drug-likeness (QED) is 0.510. The molecule has 3 N–H and O–H groups in total. The summed E-state index contributed by atoms with van der Waals surface area (Å²) in [6.45, 7) is 6.58. The van der Waals surface area contributed by atoms with E-state index in [-0.39, 0.29) is 29.7 Å². The number of aromatic nitrogens is 3. The van der Waals surface area contributed by atoms with Crippen LogP contribution in [0.1, 0.15) is 35.3 Å². The number of likely N-dealkylation sites (tertiary alicyclic amines) is 1. The number of carbonyl (C=O) groups excluding carboxylic acids is 2. The topological polar surface area (TPSA) is 106 Å². The van der Waals surface area contributed by atoms with Crippen molar-refractivity contribution < 1.29 is 9.59 Å². The molecule has 2 atom stereocenters. The normalized spacial score (nSPS) is 18.1. The van der Waals surface area contributed by atoms with Gasteiger partial charge in [-0.25, -0.2) is 9.97 Å². The molecule has 0 saturated carbocycles. The van der Waals surface area contributed by atoms with E-state index >= 15 is 0 Å². The van der Waals surface area contributed by atoms with Gasteiger partial charge in [-0.1, -0.05) is 36.9 Å². The number of carbonyl (C=O) groups is 2. The molecular formula is C23H25BrN6O2. The highest BCUT2D eigenvalue weighted by molar-refractivity contribution is 9.10. The van der Waals surface area contributed by atoms with Crippen LogP contribution in [0.5, 0.6) is 0 Å². The first-order chi connectivity index (χ1) is 15.4. The molecule has 1 aliphatic heterocycles. The highest BCUT2D eigenvalue weighted by Crippen LogP contribution is 2.38. The summed E-state index contributed by atoms with van der Waals surface area (Å²) in [6, 6.07) is 9.94. The molecule has 1 aromatic carbocycles. The predicted octanol–water partition coefficient (Wildman–Crippen LogP) is 3.10. The van der Waals surface area contributed by atoms with Crippen LogP contribution in [0.25, 0.3) is 11.0 Å². The number of amides is 2. The van der Waals surface area contributed by atoms with Crippen LogP contribution in [-0.4, -0.2) is 50.4 Å². The minimum Gasteiger partial charge on any atom is -0.383 e. The molecule has 9 heteroatoms. The Hall–Kier alpha value is -3.20. The molecule has 2 amide bonds. The van der Waals surface area contributed by atoms with Crippen molar-refractivity contribution in [1.29, 1.82) is 0 Å². The largest absolute Gasteiger partial charge is 0.383 e. The zero-order chi connectivity index (χ0) is 22.8. The Bertz CT molecular complexity index is 1180. The summed E-state index contributed by atoms with van der Waals surface area (Å²) in [5.41, 5.74) is 8.30. The molecule has 3 heterocycles. The zero-order valence-corrected chi connectivity index (χ0v) is 19.4. The first kappa shape index (κ1) is 22.0. The second-order valence-corrected chi connectivity index (χ2v) is 8.67. The lowest BCUT2D eigenvalue weighted by Gasteiger charge is -2.19. The summed E-state index contributed by atoms with van der Waals surface area (Å²) >= 11 is 3.63. The molecule has 0 aliphatic carbocycles. The average molecular weight is 497 g/mol. The molecule has 1 aliphatic rings. The standard InChI is InChI=1S/C23H25BrN6O2/c1-3-17(31)29-12-16(11-14(29)2)30-20(24)18(19-21(25)27-13-28-22(19)30)23(32)26-10-9-15-7-5-4-6-8-15/h3-8,13-14,16H,1,9-12H2,2H3,(H,26,32)(H2,25,27,28). The first-order valence-electron chi connectivity index (χ1n) is 10.5. The Balaban J connectivity index is 1.65. The fourth-order valence-electron chi connectivity index (χ4n) is 4.34. The van der Waals surface area contributed by atoms with Crippen LogP contribution in [0.4, 0.5) is 5.82 Å². The third-order valence-corrected chi connectivity index (χ3v) is 6.68. The maximum atomic E-state index is 13.2. The summed E-state index contributed by atoms with van der Waals surface area (Å²) in [7, 11) is 0. The smallest absolute Gasteiger partial charge is 0.254 e. The Labute approximate surface area is 194 Å². The van der Waals surface area contributed by atoms with Crippen molar-refractivity contribution in [2.45, 2.75) is 31.8 Å². The average Bonchev–Trinajstić information content (AvgIpc) is 3.31. The SMILES string of the molecule is C=CC(=O)N1CC(n2c(Br)c(C(=O)NCCc3ccccc3)c3c(N)ncnc32)CC1C. The second-order valence-electron chi connectivity index (χ2n) is 7.92. The van der Waals surface area contributed by atoms with E-state index < -0.39 is 0 Å². The number of nitrogen functional groups attached to an aromatic ring is 1. The van der Waals surface area contributed by atoms with Crippen LogP contribution in [0.2, 0.25) is 0 Å².